The normalized spacial score (nSPS) is 20.1. The summed E-state index contributed by atoms with van der Waals surface area (Å²) in [5.74, 6) is 0. The molecule has 3 aliphatic carbocycles. The van der Waals surface area contributed by atoms with Gasteiger partial charge in [-0.3, -0.25) is 0 Å². The van der Waals surface area contributed by atoms with Crippen LogP contribution in [0.25, 0.3) is 0 Å². The van der Waals surface area contributed by atoms with Crippen molar-refractivity contribution >= 4 is 43.3 Å². The number of nitrogens with zero attached hydrogens (tertiary/aromatic N) is 2. The molecule has 6 heteroatoms. The van der Waals surface area contributed by atoms with Crippen molar-refractivity contribution in [3.05, 3.63) is 66.8 Å². The van der Waals surface area contributed by atoms with Crippen molar-refractivity contribution in [1.29, 1.82) is 0 Å². The summed E-state index contributed by atoms with van der Waals surface area (Å²) in [6.45, 7) is 5.53. The molecule has 4 aliphatic rings. The Morgan fingerprint density at radius 3 is 1.65 bits per heavy atom. The summed E-state index contributed by atoms with van der Waals surface area (Å²) >= 11 is -1.61. The molecule has 6 rings (SSSR count). The van der Waals surface area contributed by atoms with E-state index in [0.29, 0.717) is 0 Å². The van der Waals surface area contributed by atoms with Crippen LogP contribution in [0.3, 0.4) is 0 Å². The molecule has 0 amide bonds. The third-order valence-electron chi connectivity index (χ3n) is 9.86. The van der Waals surface area contributed by atoms with Gasteiger partial charge in [-0.05, 0) is 109 Å². The predicted octanol–water partition coefficient (Wildman–Crippen LogP) is 11.8. The van der Waals surface area contributed by atoms with E-state index in [0.717, 1.165) is 12.1 Å². The number of rotatable bonds is 7. The summed E-state index contributed by atoms with van der Waals surface area (Å²) in [5, 5.41) is 0. The van der Waals surface area contributed by atoms with Crippen molar-refractivity contribution in [3.63, 3.8) is 0 Å². The Hall–Kier alpha value is -0.457. The molecule has 43 heavy (non-hydrogen) atoms. The van der Waals surface area contributed by atoms with Gasteiger partial charge in [-0.15, -0.1) is 0 Å². The van der Waals surface area contributed by atoms with Crippen molar-refractivity contribution in [1.82, 2.24) is 0 Å². The Kier molecular flexibility index (Phi) is 16.4. The van der Waals surface area contributed by atoms with Crippen molar-refractivity contribution in [2.75, 3.05) is 23.4 Å². The van der Waals surface area contributed by atoms with Crippen LogP contribution in [0.1, 0.15) is 122 Å². The van der Waals surface area contributed by atoms with E-state index in [-0.39, 0.29) is 7.92 Å². The number of halogens is 2. The topological polar surface area (TPSA) is 6.48 Å². The fourth-order valence-electron chi connectivity index (χ4n) is 7.76. The van der Waals surface area contributed by atoms with Gasteiger partial charge in [0.05, 0.1) is 17.0 Å². The monoisotopic (exact) mass is 732 g/mol. The number of unbranched alkanes of at least 4 members (excludes halogenated alkanes) is 1. The first-order valence-electron chi connectivity index (χ1n) is 17.2. The van der Waals surface area contributed by atoms with Gasteiger partial charge >= 0.3 is 73.4 Å². The molecule has 0 spiro atoms. The molecule has 2 aromatic carbocycles. The maximum atomic E-state index is 5.67. The van der Waals surface area contributed by atoms with Crippen LogP contribution in [0.2, 0.25) is 0 Å². The van der Waals surface area contributed by atoms with E-state index in [1.165, 1.54) is 41.2 Å². The van der Waals surface area contributed by atoms with Crippen LogP contribution in [-0.4, -0.2) is 35.2 Å². The zero-order valence-electron chi connectivity index (χ0n) is 26.8. The van der Waals surface area contributed by atoms with E-state index in [9.17, 15) is 0 Å². The number of hydrogen-bond acceptors (Lipinski definition) is 2. The second-order valence-corrected chi connectivity index (χ2v) is 22.2. The number of benzene rings is 2. The molecule has 3 saturated carbocycles. The standard InChI is InChI=1S/C18H33P.C12H17N2.C7H6.2ClH.Ru/c1-4-10-16(11-5-1)19(17-12-6-2-7-13-17)18-14-8-3-9-15-18;1-3-4-9-14-10-13(2)11-7-5-6-8-12(11)14;1-7-5-3-2-4-6-7;;;/h16-18H,1-15H2;5-8,10H,3-4,9H2,1-2H3;1-6H;2*1H;/q;-1;;;;+2/p-1. The summed E-state index contributed by atoms with van der Waals surface area (Å²) in [7, 11) is 13.4. The first-order chi connectivity index (χ1) is 21.1. The van der Waals surface area contributed by atoms with E-state index < -0.39 is 13.5 Å². The molecule has 2 aromatic rings. The van der Waals surface area contributed by atoms with E-state index >= 15 is 0 Å². The van der Waals surface area contributed by atoms with Gasteiger partial charge in [0.2, 0.25) is 0 Å². The van der Waals surface area contributed by atoms with Gasteiger partial charge in [0.1, 0.15) is 0 Å². The van der Waals surface area contributed by atoms with Crippen LogP contribution in [-0.2, 0) is 13.5 Å². The fraction of sp³-hybridized carbons (Fsp3) is 0.622. The molecule has 1 heterocycles. The molecule has 0 N–H and O–H groups in total. The Morgan fingerprint density at radius 2 is 1.19 bits per heavy atom. The quantitative estimate of drug-likeness (QED) is 0.159. The summed E-state index contributed by atoms with van der Waals surface area (Å²) in [4.78, 5) is 4.52. The van der Waals surface area contributed by atoms with Crippen molar-refractivity contribution in [2.24, 2.45) is 0 Å². The van der Waals surface area contributed by atoms with Crippen molar-refractivity contribution < 1.29 is 13.5 Å². The minimum atomic E-state index is -1.61. The van der Waals surface area contributed by atoms with Crippen molar-refractivity contribution in [2.45, 2.75) is 133 Å². The molecule has 2 nitrogen and oxygen atoms in total. The second-order valence-electron chi connectivity index (χ2n) is 13.0. The van der Waals surface area contributed by atoms with E-state index in [1.807, 2.05) is 34.9 Å². The molecule has 0 radical (unpaired) electrons. The van der Waals surface area contributed by atoms with Crippen LogP contribution < -0.4 is 9.80 Å². The molecular formula is C37H57Cl2N2PRu. The van der Waals surface area contributed by atoms with Gasteiger partial charge in [-0.1, -0.05) is 44.7 Å². The minimum absolute atomic E-state index is 0.0465. The first-order valence-corrected chi connectivity index (χ1v) is 24.5. The predicted molar refractivity (Wildman–Crippen MR) is 194 cm³/mol. The molecule has 1 aliphatic heterocycles. The summed E-state index contributed by atoms with van der Waals surface area (Å²) in [5.41, 5.74) is 7.44. The number of para-hydroxylation sites is 2. The maximum absolute atomic E-state index is 5.67. The van der Waals surface area contributed by atoms with Gasteiger partial charge in [-0.2, -0.15) is 6.67 Å². The first kappa shape index (κ1) is 35.4. The molecule has 0 atom stereocenters. The van der Waals surface area contributed by atoms with Crippen LogP contribution >= 0.6 is 27.3 Å². The summed E-state index contributed by atoms with van der Waals surface area (Å²) < 4.78 is 1.92. The third kappa shape index (κ3) is 11.7. The molecule has 0 bridgehead atoms. The van der Waals surface area contributed by atoms with Gasteiger partial charge in [0.25, 0.3) is 0 Å². The average molecular weight is 733 g/mol. The number of fused-ring (bicyclic) bond motifs is 1. The van der Waals surface area contributed by atoms with Gasteiger partial charge in [0.15, 0.2) is 0 Å². The Balaban J connectivity index is 0.000000156. The van der Waals surface area contributed by atoms with Gasteiger partial charge in [-0.25, -0.2) is 0 Å². The van der Waals surface area contributed by atoms with E-state index in [4.69, 9.17) is 19.4 Å². The molecule has 0 saturated heterocycles. The molecule has 3 fully saturated rings. The zero-order chi connectivity index (χ0) is 30.3. The van der Waals surface area contributed by atoms with Gasteiger partial charge < -0.3 is 9.80 Å². The van der Waals surface area contributed by atoms with E-state index in [1.54, 1.807) is 96.3 Å². The van der Waals surface area contributed by atoms with E-state index in [2.05, 4.69) is 54.7 Å². The Bertz CT molecular complexity index is 1020. The molecular weight excluding hydrogens is 675 g/mol. The van der Waals surface area contributed by atoms with Crippen LogP contribution in [0.15, 0.2) is 54.6 Å². The van der Waals surface area contributed by atoms with Crippen molar-refractivity contribution in [3.8, 4) is 0 Å². The zero-order valence-corrected chi connectivity index (χ0v) is 31.1. The SMILES string of the molecule is C1CCC([PH+](C2CCCCC2)C2CCCCC2)CC1.CCCCN1[CH-]N(C)c2ccccc21.[Cl][Ru]([Cl])=[CH]c1ccccc1. The average Bonchev–Trinajstić information content (AvgIpc) is 3.38. The van der Waals surface area contributed by atoms with Crippen LogP contribution in [0.4, 0.5) is 11.4 Å². The van der Waals surface area contributed by atoms with Gasteiger partial charge in [0, 0.05) is 19.3 Å². The van der Waals surface area contributed by atoms with Crippen LogP contribution in [0, 0.1) is 6.67 Å². The molecule has 242 valence electrons. The summed E-state index contributed by atoms with van der Waals surface area (Å²) in [6.07, 6.45) is 26.3. The summed E-state index contributed by atoms with van der Waals surface area (Å²) in [6, 6.07) is 18.4. The fourth-order valence-corrected chi connectivity index (χ4v) is 14.8. The Labute approximate surface area is 278 Å². The number of anilines is 2. The molecule has 0 unspecified atom stereocenters. The Morgan fingerprint density at radius 1 is 0.721 bits per heavy atom. The second kappa shape index (κ2) is 19.9. The molecule has 0 aromatic heterocycles. The van der Waals surface area contributed by atoms with Crippen LogP contribution in [0.5, 0.6) is 0 Å². The third-order valence-corrected chi connectivity index (χ3v) is 16.3. The number of hydrogen-bond donors (Lipinski definition) is 0.